The Hall–Kier alpha value is 0. The molecule has 0 radical (unpaired) electrons. The van der Waals surface area contributed by atoms with E-state index in [-0.39, 0.29) is 0 Å². The molecule has 0 aromatic heterocycles. The van der Waals surface area contributed by atoms with Crippen LogP contribution in [0.25, 0.3) is 0 Å². The second-order valence-electron chi connectivity index (χ2n) is 9.63. The van der Waals surface area contributed by atoms with Gasteiger partial charge in [-0.1, -0.05) is 0 Å². The van der Waals surface area contributed by atoms with Gasteiger partial charge in [0, 0.05) is 0 Å². The molecule has 6 saturated carbocycles. The summed E-state index contributed by atoms with van der Waals surface area (Å²) in [4.78, 5) is 0. The van der Waals surface area contributed by atoms with Crippen molar-refractivity contribution >= 4 is 0 Å². The van der Waals surface area contributed by atoms with Crippen LogP contribution in [0.2, 0.25) is 0 Å². The first-order valence-electron chi connectivity index (χ1n) is 9.90. The molecule has 0 heteroatoms. The molecule has 110 valence electrons. The zero-order chi connectivity index (χ0) is 12.8. The van der Waals surface area contributed by atoms with E-state index in [9.17, 15) is 0 Å². The van der Waals surface area contributed by atoms with Crippen molar-refractivity contribution in [1.82, 2.24) is 0 Å². The molecule has 20 heavy (non-hydrogen) atoms. The van der Waals surface area contributed by atoms with E-state index in [1.54, 1.807) is 64.2 Å². The molecule has 0 aromatic rings. The maximum Gasteiger partial charge on any atom is -0.0326 e. The lowest BCUT2D eigenvalue weighted by molar-refractivity contribution is 0.182. The van der Waals surface area contributed by atoms with Crippen LogP contribution in [0.4, 0.5) is 0 Å². The summed E-state index contributed by atoms with van der Waals surface area (Å²) in [6, 6.07) is 0. The second-order valence-corrected chi connectivity index (χ2v) is 9.63. The van der Waals surface area contributed by atoms with E-state index in [2.05, 4.69) is 0 Å². The molecule has 0 nitrogen and oxygen atoms in total. The molecule has 0 aliphatic heterocycles. The first kappa shape index (κ1) is 11.6. The normalized spacial score (nSPS) is 66.0. The van der Waals surface area contributed by atoms with E-state index >= 15 is 0 Å². The molecule has 6 unspecified atom stereocenters. The van der Waals surface area contributed by atoms with Gasteiger partial charge in [-0.25, -0.2) is 0 Å². The molecule has 6 rings (SSSR count). The molecule has 0 spiro atoms. The Morgan fingerprint density at radius 3 is 1.25 bits per heavy atom. The predicted octanol–water partition coefficient (Wildman–Crippen LogP) is 5.13. The summed E-state index contributed by atoms with van der Waals surface area (Å²) in [5.74, 6) is 12.0. The summed E-state index contributed by atoms with van der Waals surface area (Å²) >= 11 is 0. The molecular formula is C20H30. The molecule has 0 amide bonds. The Kier molecular flexibility index (Phi) is 2.22. The molecule has 0 bridgehead atoms. The van der Waals surface area contributed by atoms with Crippen molar-refractivity contribution in [2.24, 2.45) is 59.2 Å². The van der Waals surface area contributed by atoms with Crippen LogP contribution in [-0.4, -0.2) is 0 Å². The van der Waals surface area contributed by atoms with Gasteiger partial charge in [-0.15, -0.1) is 0 Å². The third-order valence-corrected chi connectivity index (χ3v) is 9.52. The molecular weight excluding hydrogens is 240 g/mol. The molecule has 0 N–H and O–H groups in total. The first-order chi connectivity index (χ1) is 9.90. The fourth-order valence-electron chi connectivity index (χ4n) is 9.25. The molecule has 6 aliphatic carbocycles. The highest BCUT2D eigenvalue weighted by atomic mass is 14.7. The second kappa shape index (κ2) is 3.85. The summed E-state index contributed by atoms with van der Waals surface area (Å²) in [6.45, 7) is 0. The zero-order valence-corrected chi connectivity index (χ0v) is 12.8. The van der Waals surface area contributed by atoms with Crippen LogP contribution >= 0.6 is 0 Å². The van der Waals surface area contributed by atoms with Crippen molar-refractivity contribution in [3.63, 3.8) is 0 Å². The van der Waals surface area contributed by atoms with Gasteiger partial charge in [-0.05, 0) is 123 Å². The fourth-order valence-corrected chi connectivity index (χ4v) is 9.25. The van der Waals surface area contributed by atoms with Gasteiger partial charge in [0.1, 0.15) is 0 Å². The highest BCUT2D eigenvalue weighted by Crippen LogP contribution is 2.68. The lowest BCUT2D eigenvalue weighted by atomic mass is 9.75. The minimum atomic E-state index is 1.19. The quantitative estimate of drug-likeness (QED) is 0.619. The van der Waals surface area contributed by atoms with Gasteiger partial charge >= 0.3 is 0 Å². The van der Waals surface area contributed by atoms with Gasteiger partial charge in [0.25, 0.3) is 0 Å². The average molecular weight is 270 g/mol. The average Bonchev–Trinajstić information content (AvgIpc) is 3.18. The van der Waals surface area contributed by atoms with Gasteiger partial charge in [-0.2, -0.15) is 0 Å². The maximum absolute atomic E-state index is 1.68. The van der Waals surface area contributed by atoms with Gasteiger partial charge in [-0.3, -0.25) is 0 Å². The monoisotopic (exact) mass is 270 g/mol. The lowest BCUT2D eigenvalue weighted by Crippen LogP contribution is -2.24. The zero-order valence-electron chi connectivity index (χ0n) is 12.8. The minimum absolute atomic E-state index is 1.19. The third-order valence-electron chi connectivity index (χ3n) is 9.52. The van der Waals surface area contributed by atoms with E-state index in [1.165, 1.54) is 59.2 Å². The van der Waals surface area contributed by atoms with Crippen molar-refractivity contribution in [1.29, 1.82) is 0 Å². The van der Waals surface area contributed by atoms with Crippen LogP contribution in [0.1, 0.15) is 64.2 Å². The maximum atomic E-state index is 1.68. The van der Waals surface area contributed by atoms with E-state index in [1.807, 2.05) is 0 Å². The van der Waals surface area contributed by atoms with Crippen LogP contribution < -0.4 is 0 Å². The standard InChI is InChI=1S/C20H30/c1-3-13-9-17(15-7-5-11(1)19(13)15)18-10-14-4-2-12-6-8-16(18)20(12)14/h11-20H,1-10H2/t11?,12?,13?,14?,15?,16?,17-,18+,19+,20-. The Morgan fingerprint density at radius 1 is 0.350 bits per heavy atom. The number of hydrogen-bond donors (Lipinski definition) is 0. The highest BCUT2D eigenvalue weighted by Gasteiger charge is 2.60. The SMILES string of the molecule is C1CC2C[C@@H]([C@H]3CC4CCC5CCC3[C@H]54)C3CCC1[C@@H]23. The van der Waals surface area contributed by atoms with Crippen LogP contribution in [0.5, 0.6) is 0 Å². The fraction of sp³-hybridized carbons (Fsp3) is 1.00. The molecule has 0 heterocycles. The summed E-state index contributed by atoms with van der Waals surface area (Å²) in [5, 5.41) is 0. The van der Waals surface area contributed by atoms with Crippen LogP contribution in [0.3, 0.4) is 0 Å². The highest BCUT2D eigenvalue weighted by molar-refractivity contribution is 5.09. The summed E-state index contributed by atoms with van der Waals surface area (Å²) in [6.07, 6.45) is 16.3. The van der Waals surface area contributed by atoms with E-state index in [0.29, 0.717) is 0 Å². The topological polar surface area (TPSA) is 0 Å². The summed E-state index contributed by atoms with van der Waals surface area (Å²) in [7, 11) is 0. The van der Waals surface area contributed by atoms with E-state index in [0.717, 1.165) is 0 Å². The van der Waals surface area contributed by atoms with Crippen molar-refractivity contribution in [3.8, 4) is 0 Å². The Bertz CT molecular complexity index is 386. The third kappa shape index (κ3) is 1.27. The summed E-state index contributed by atoms with van der Waals surface area (Å²) in [5.41, 5.74) is 0. The van der Waals surface area contributed by atoms with Gasteiger partial charge < -0.3 is 0 Å². The van der Waals surface area contributed by atoms with Crippen LogP contribution in [0.15, 0.2) is 0 Å². The molecule has 0 saturated heterocycles. The predicted molar refractivity (Wildman–Crippen MR) is 81.1 cm³/mol. The largest absolute Gasteiger partial charge is 0.0499 e. The van der Waals surface area contributed by atoms with Crippen molar-refractivity contribution < 1.29 is 0 Å². The number of rotatable bonds is 1. The van der Waals surface area contributed by atoms with E-state index in [4.69, 9.17) is 0 Å². The smallest absolute Gasteiger partial charge is 0.0326 e. The molecule has 6 fully saturated rings. The van der Waals surface area contributed by atoms with Crippen molar-refractivity contribution in [3.05, 3.63) is 0 Å². The van der Waals surface area contributed by atoms with Gasteiger partial charge in [0.2, 0.25) is 0 Å². The minimum Gasteiger partial charge on any atom is -0.0499 e. The Morgan fingerprint density at radius 2 is 0.750 bits per heavy atom. The molecule has 0 aromatic carbocycles. The number of hydrogen-bond acceptors (Lipinski definition) is 0. The van der Waals surface area contributed by atoms with Crippen molar-refractivity contribution in [2.75, 3.05) is 0 Å². The van der Waals surface area contributed by atoms with Crippen LogP contribution in [-0.2, 0) is 0 Å². The van der Waals surface area contributed by atoms with Gasteiger partial charge in [0.15, 0.2) is 0 Å². The Balaban J connectivity index is 1.31. The van der Waals surface area contributed by atoms with E-state index < -0.39 is 0 Å². The van der Waals surface area contributed by atoms with Crippen molar-refractivity contribution in [2.45, 2.75) is 64.2 Å². The molecule has 10 atom stereocenters. The van der Waals surface area contributed by atoms with Crippen LogP contribution in [0, 0.1) is 59.2 Å². The lowest BCUT2D eigenvalue weighted by Gasteiger charge is -2.30. The first-order valence-corrected chi connectivity index (χ1v) is 9.90. The molecule has 6 aliphatic rings. The summed E-state index contributed by atoms with van der Waals surface area (Å²) < 4.78 is 0. The Labute approximate surface area is 124 Å². The van der Waals surface area contributed by atoms with Gasteiger partial charge in [0.05, 0.1) is 0 Å².